The number of hydrogen-bond acceptors (Lipinski definition) is 6. The number of Topliss-reactive ketones (excluding diaryl/α,β-unsaturated/α-hetero) is 1. The van der Waals surface area contributed by atoms with Crippen molar-refractivity contribution in [2.75, 3.05) is 0 Å². The molecule has 1 N–H and O–H groups in total. The first-order chi connectivity index (χ1) is 13.5. The summed E-state index contributed by atoms with van der Waals surface area (Å²) in [6, 6.07) is 0. The van der Waals surface area contributed by atoms with Gasteiger partial charge in [0.1, 0.15) is 0 Å². The van der Waals surface area contributed by atoms with E-state index in [1.165, 1.54) is 16.9 Å². The Hall–Kier alpha value is -2.28. The minimum atomic E-state index is -0.960. The summed E-state index contributed by atoms with van der Waals surface area (Å²) in [7, 11) is 0. The number of aryl methyl sites for hydroxylation is 2. The van der Waals surface area contributed by atoms with Crippen molar-refractivity contribution in [2.45, 2.75) is 71.1 Å². The quantitative estimate of drug-likeness (QED) is 0.746. The standard InChI is InChI=1S/C21H24N2O4S/c1-12-22-20(27-23-12)19-15-9-3-2-4-10-17(15)28-18(19)11-16(24)13-7-5-6-8-14(13)21(25)26/h2-11H2,1H3,(H,25,26). The zero-order valence-electron chi connectivity index (χ0n) is 16.0. The van der Waals surface area contributed by atoms with Gasteiger partial charge in [-0.15, -0.1) is 11.3 Å². The number of ketones is 1. The van der Waals surface area contributed by atoms with E-state index in [1.807, 2.05) is 0 Å². The lowest BCUT2D eigenvalue weighted by atomic mass is 9.87. The smallest absolute Gasteiger partial charge is 0.331 e. The molecule has 2 aliphatic carbocycles. The Morgan fingerprint density at radius 1 is 1.04 bits per heavy atom. The van der Waals surface area contributed by atoms with Crippen LogP contribution in [0, 0.1) is 6.92 Å². The maximum absolute atomic E-state index is 13.1. The van der Waals surface area contributed by atoms with Gasteiger partial charge >= 0.3 is 5.97 Å². The van der Waals surface area contributed by atoms with Crippen molar-refractivity contribution in [1.29, 1.82) is 0 Å². The number of carboxylic acids is 1. The molecule has 148 valence electrons. The molecule has 0 saturated heterocycles. The second kappa shape index (κ2) is 7.99. The van der Waals surface area contributed by atoms with E-state index in [0.29, 0.717) is 35.7 Å². The molecule has 2 heterocycles. The highest BCUT2D eigenvalue weighted by atomic mass is 32.1. The van der Waals surface area contributed by atoms with Gasteiger partial charge < -0.3 is 9.63 Å². The number of nitrogens with zero attached hydrogens (tertiary/aromatic N) is 2. The Morgan fingerprint density at radius 2 is 1.75 bits per heavy atom. The third-order valence-corrected chi connectivity index (χ3v) is 6.91. The van der Waals surface area contributed by atoms with Gasteiger partial charge in [0.15, 0.2) is 11.6 Å². The number of fused-ring (bicyclic) bond motifs is 1. The molecule has 0 spiro atoms. The van der Waals surface area contributed by atoms with E-state index >= 15 is 0 Å². The van der Waals surface area contributed by atoms with Crippen LogP contribution in [0.4, 0.5) is 0 Å². The summed E-state index contributed by atoms with van der Waals surface area (Å²) < 4.78 is 5.47. The number of carbonyl (C=O) groups excluding carboxylic acids is 1. The molecular formula is C21H24N2O4S. The van der Waals surface area contributed by atoms with E-state index in [1.54, 1.807) is 18.3 Å². The van der Waals surface area contributed by atoms with Crippen LogP contribution in [-0.4, -0.2) is 27.0 Å². The second-order valence-electron chi connectivity index (χ2n) is 7.58. The molecule has 28 heavy (non-hydrogen) atoms. The highest BCUT2D eigenvalue weighted by molar-refractivity contribution is 7.12. The van der Waals surface area contributed by atoms with Crippen molar-refractivity contribution in [2.24, 2.45) is 0 Å². The average molecular weight is 401 g/mol. The molecule has 0 radical (unpaired) electrons. The summed E-state index contributed by atoms with van der Waals surface area (Å²) >= 11 is 1.66. The molecule has 0 aliphatic heterocycles. The normalized spacial score (nSPS) is 17.3. The van der Waals surface area contributed by atoms with E-state index < -0.39 is 5.97 Å². The molecule has 0 unspecified atom stereocenters. The monoisotopic (exact) mass is 400 g/mol. The van der Waals surface area contributed by atoms with Crippen LogP contribution in [0.2, 0.25) is 0 Å². The lowest BCUT2D eigenvalue weighted by molar-refractivity contribution is -0.133. The molecule has 2 aromatic rings. The Bertz CT molecular complexity index is 954. The van der Waals surface area contributed by atoms with Gasteiger partial charge in [-0.2, -0.15) is 4.98 Å². The summed E-state index contributed by atoms with van der Waals surface area (Å²) in [4.78, 5) is 31.3. The van der Waals surface area contributed by atoms with Crippen molar-refractivity contribution in [3.63, 3.8) is 0 Å². The van der Waals surface area contributed by atoms with Crippen LogP contribution in [0.1, 0.15) is 66.1 Å². The largest absolute Gasteiger partial charge is 0.478 e. The number of aliphatic carboxylic acids is 1. The van der Waals surface area contributed by atoms with Crippen LogP contribution in [0.5, 0.6) is 0 Å². The van der Waals surface area contributed by atoms with Crippen LogP contribution >= 0.6 is 11.3 Å². The highest BCUT2D eigenvalue weighted by Crippen LogP contribution is 2.40. The summed E-state index contributed by atoms with van der Waals surface area (Å²) in [6.07, 6.45) is 8.38. The molecule has 0 saturated carbocycles. The van der Waals surface area contributed by atoms with Gasteiger partial charge in [0.05, 0.1) is 5.56 Å². The highest BCUT2D eigenvalue weighted by Gasteiger charge is 2.28. The third-order valence-electron chi connectivity index (χ3n) is 5.62. The van der Waals surface area contributed by atoms with Gasteiger partial charge in [0.25, 0.3) is 5.89 Å². The van der Waals surface area contributed by atoms with E-state index in [2.05, 4.69) is 10.1 Å². The van der Waals surface area contributed by atoms with Crippen molar-refractivity contribution < 1.29 is 19.2 Å². The Kier molecular flexibility index (Phi) is 5.44. The van der Waals surface area contributed by atoms with Crippen molar-refractivity contribution in [3.8, 4) is 11.5 Å². The number of rotatable bonds is 5. The van der Waals surface area contributed by atoms with E-state index in [9.17, 15) is 14.7 Å². The van der Waals surface area contributed by atoms with Crippen LogP contribution in [0.15, 0.2) is 15.7 Å². The molecule has 0 amide bonds. The molecule has 0 atom stereocenters. The van der Waals surface area contributed by atoms with Crippen molar-refractivity contribution >= 4 is 23.1 Å². The van der Waals surface area contributed by atoms with Gasteiger partial charge in [-0.05, 0) is 63.9 Å². The van der Waals surface area contributed by atoms with Crippen LogP contribution in [-0.2, 0) is 28.9 Å². The molecule has 2 aliphatic rings. The maximum Gasteiger partial charge on any atom is 0.331 e. The number of hydrogen-bond donors (Lipinski definition) is 1. The first-order valence-electron chi connectivity index (χ1n) is 9.97. The van der Waals surface area contributed by atoms with Gasteiger partial charge in [0, 0.05) is 27.3 Å². The zero-order valence-corrected chi connectivity index (χ0v) is 16.9. The predicted octanol–water partition coefficient (Wildman–Crippen LogP) is 4.44. The first-order valence-corrected chi connectivity index (χ1v) is 10.8. The number of carboxylic acid groups (broad SMARTS) is 1. The molecule has 4 rings (SSSR count). The van der Waals surface area contributed by atoms with Crippen LogP contribution < -0.4 is 0 Å². The molecule has 7 heteroatoms. The summed E-state index contributed by atoms with van der Waals surface area (Å²) in [5.41, 5.74) is 2.95. The fraction of sp³-hybridized carbons (Fsp3) is 0.524. The molecule has 0 bridgehead atoms. The molecule has 0 aromatic carbocycles. The summed E-state index contributed by atoms with van der Waals surface area (Å²) in [6.45, 7) is 1.79. The van der Waals surface area contributed by atoms with Crippen molar-refractivity contribution in [3.05, 3.63) is 32.3 Å². The van der Waals surface area contributed by atoms with E-state index in [0.717, 1.165) is 49.0 Å². The SMILES string of the molecule is Cc1noc(-c2c(CC(=O)C3=C(C(=O)O)CCCC3)sc3c2CCCCC3)n1. The number of carbonyl (C=O) groups is 2. The van der Waals surface area contributed by atoms with Crippen LogP contribution in [0.25, 0.3) is 11.5 Å². The summed E-state index contributed by atoms with van der Waals surface area (Å²) in [5.74, 6) is 0.0172. The minimum absolute atomic E-state index is 0.0778. The summed E-state index contributed by atoms with van der Waals surface area (Å²) in [5, 5.41) is 13.4. The predicted molar refractivity (Wildman–Crippen MR) is 105 cm³/mol. The Balaban J connectivity index is 1.73. The Labute approximate surface area is 167 Å². The molecule has 0 fully saturated rings. The first kappa shape index (κ1) is 19.1. The zero-order chi connectivity index (χ0) is 19.7. The number of aromatic nitrogens is 2. The van der Waals surface area contributed by atoms with Gasteiger partial charge in [-0.1, -0.05) is 11.6 Å². The third kappa shape index (κ3) is 3.68. The molecule has 2 aromatic heterocycles. The minimum Gasteiger partial charge on any atom is -0.478 e. The van der Waals surface area contributed by atoms with E-state index in [-0.39, 0.29) is 12.2 Å². The Morgan fingerprint density at radius 3 is 2.46 bits per heavy atom. The lowest BCUT2D eigenvalue weighted by Crippen LogP contribution is -2.17. The van der Waals surface area contributed by atoms with Gasteiger partial charge in [0.2, 0.25) is 0 Å². The van der Waals surface area contributed by atoms with Crippen LogP contribution in [0.3, 0.4) is 0 Å². The second-order valence-corrected chi connectivity index (χ2v) is 8.77. The lowest BCUT2D eigenvalue weighted by Gasteiger charge is -2.16. The number of allylic oxidation sites excluding steroid dienone is 1. The van der Waals surface area contributed by atoms with Crippen molar-refractivity contribution in [1.82, 2.24) is 10.1 Å². The molecular weight excluding hydrogens is 376 g/mol. The topological polar surface area (TPSA) is 93.3 Å². The fourth-order valence-electron chi connectivity index (χ4n) is 4.27. The average Bonchev–Trinajstić information content (AvgIpc) is 3.16. The van der Waals surface area contributed by atoms with Gasteiger partial charge in [-0.3, -0.25) is 4.79 Å². The maximum atomic E-state index is 13.1. The molecule has 6 nitrogen and oxygen atoms in total. The van der Waals surface area contributed by atoms with Gasteiger partial charge in [-0.25, -0.2) is 4.79 Å². The van der Waals surface area contributed by atoms with E-state index in [4.69, 9.17) is 4.52 Å². The fourth-order valence-corrected chi connectivity index (χ4v) is 5.66. The number of thiophene rings is 1.